The van der Waals surface area contributed by atoms with Crippen molar-refractivity contribution in [3.05, 3.63) is 42.0 Å². The predicted molar refractivity (Wildman–Crippen MR) is 107 cm³/mol. The van der Waals surface area contributed by atoms with E-state index in [1.807, 2.05) is 31.2 Å². The summed E-state index contributed by atoms with van der Waals surface area (Å²) in [5.41, 5.74) is 1.78. The van der Waals surface area contributed by atoms with E-state index in [2.05, 4.69) is 5.32 Å². The molecule has 3 amide bonds. The molecule has 0 bridgehead atoms. The molecule has 7 nitrogen and oxygen atoms in total. The third kappa shape index (κ3) is 4.72. The second kappa shape index (κ2) is 9.03. The van der Waals surface area contributed by atoms with E-state index in [1.54, 1.807) is 12.1 Å². The van der Waals surface area contributed by atoms with Crippen molar-refractivity contribution in [1.82, 2.24) is 4.90 Å². The maximum atomic E-state index is 12.4. The van der Waals surface area contributed by atoms with Gasteiger partial charge in [-0.1, -0.05) is 31.2 Å². The van der Waals surface area contributed by atoms with Crippen molar-refractivity contribution in [3.8, 4) is 0 Å². The van der Waals surface area contributed by atoms with E-state index in [0.717, 1.165) is 16.9 Å². The number of fused-ring (bicyclic) bond motifs is 1. The molecule has 1 aliphatic carbocycles. The zero-order valence-corrected chi connectivity index (χ0v) is 16.7. The predicted octanol–water partition coefficient (Wildman–Crippen LogP) is 2.46. The van der Waals surface area contributed by atoms with Crippen molar-refractivity contribution in [3.63, 3.8) is 0 Å². The Hall–Kier alpha value is -2.96. The first kappa shape index (κ1) is 20.8. The van der Waals surface area contributed by atoms with Crippen molar-refractivity contribution in [2.75, 3.05) is 11.9 Å². The number of likely N-dealkylation sites (tertiary alicyclic amines) is 1. The molecule has 3 atom stereocenters. The molecule has 0 unspecified atom stereocenters. The first-order chi connectivity index (χ1) is 13.9. The van der Waals surface area contributed by atoms with Gasteiger partial charge in [0.05, 0.1) is 18.3 Å². The molecule has 1 N–H and O–H groups in total. The van der Waals surface area contributed by atoms with Crippen LogP contribution in [0.1, 0.15) is 38.7 Å². The Morgan fingerprint density at radius 2 is 1.69 bits per heavy atom. The Kier molecular flexibility index (Phi) is 6.46. The van der Waals surface area contributed by atoms with E-state index in [-0.39, 0.29) is 36.6 Å². The van der Waals surface area contributed by atoms with E-state index >= 15 is 0 Å². The highest BCUT2D eigenvalue weighted by molar-refractivity contribution is 6.05. The van der Waals surface area contributed by atoms with Crippen LogP contribution in [0.2, 0.25) is 0 Å². The molecule has 2 aliphatic rings. The molecule has 1 fully saturated rings. The first-order valence-electron chi connectivity index (χ1n) is 10.00. The van der Waals surface area contributed by atoms with Crippen LogP contribution in [0.4, 0.5) is 5.69 Å². The number of ether oxygens (including phenoxy) is 1. The average molecular weight is 398 g/mol. The molecule has 154 valence electrons. The number of imide groups is 1. The Balaban J connectivity index is 1.46. The molecular weight excluding hydrogens is 372 g/mol. The van der Waals surface area contributed by atoms with Crippen LogP contribution in [0.15, 0.2) is 36.4 Å². The minimum Gasteiger partial charge on any atom is -0.452 e. The van der Waals surface area contributed by atoms with E-state index in [9.17, 15) is 19.2 Å². The van der Waals surface area contributed by atoms with Crippen LogP contribution in [0.3, 0.4) is 0 Å². The summed E-state index contributed by atoms with van der Waals surface area (Å²) in [6.07, 6.45) is 4.75. The van der Waals surface area contributed by atoms with Crippen molar-refractivity contribution >= 4 is 29.4 Å². The largest absolute Gasteiger partial charge is 0.452 e. The normalized spacial score (nSPS) is 21.7. The fraction of sp³-hybridized carbons (Fsp3) is 0.455. The lowest BCUT2D eigenvalue weighted by Gasteiger charge is -2.16. The quantitative estimate of drug-likeness (QED) is 0.433. The summed E-state index contributed by atoms with van der Waals surface area (Å²) < 4.78 is 5.17. The summed E-state index contributed by atoms with van der Waals surface area (Å²) in [6.45, 7) is 3.51. The summed E-state index contributed by atoms with van der Waals surface area (Å²) in [4.78, 5) is 50.3. The topological polar surface area (TPSA) is 92.8 Å². The second-order valence-corrected chi connectivity index (χ2v) is 7.41. The molecule has 7 heteroatoms. The maximum absolute atomic E-state index is 12.4. The van der Waals surface area contributed by atoms with Crippen LogP contribution in [0.25, 0.3) is 0 Å². The van der Waals surface area contributed by atoms with E-state index in [1.165, 1.54) is 6.92 Å². The van der Waals surface area contributed by atoms with Gasteiger partial charge in [-0.15, -0.1) is 0 Å². The SMILES string of the molecule is CCc1ccc(NC(=O)[C@@H](C)OC(=O)CCN2C(=O)[C@H]3CC=CC[C@H]3C2=O)cc1. The number of benzene rings is 1. The van der Waals surface area contributed by atoms with Crippen molar-refractivity contribution in [1.29, 1.82) is 0 Å². The third-order valence-corrected chi connectivity index (χ3v) is 5.45. The van der Waals surface area contributed by atoms with Gasteiger partial charge in [0.1, 0.15) is 0 Å². The Bertz CT molecular complexity index is 804. The molecule has 29 heavy (non-hydrogen) atoms. The molecule has 1 aliphatic heterocycles. The summed E-state index contributed by atoms with van der Waals surface area (Å²) in [5, 5.41) is 2.70. The fourth-order valence-electron chi connectivity index (χ4n) is 3.67. The van der Waals surface area contributed by atoms with Gasteiger partial charge < -0.3 is 10.1 Å². The Labute approximate surface area is 170 Å². The lowest BCUT2D eigenvalue weighted by molar-refractivity contribution is -0.154. The van der Waals surface area contributed by atoms with Gasteiger partial charge in [0.2, 0.25) is 11.8 Å². The zero-order valence-electron chi connectivity index (χ0n) is 16.7. The van der Waals surface area contributed by atoms with Crippen LogP contribution in [-0.2, 0) is 30.3 Å². The summed E-state index contributed by atoms with van der Waals surface area (Å²) in [5.74, 6) is -2.13. The highest BCUT2D eigenvalue weighted by atomic mass is 16.5. The van der Waals surface area contributed by atoms with Gasteiger partial charge in [-0.25, -0.2) is 0 Å². The van der Waals surface area contributed by atoms with Gasteiger partial charge in [0.25, 0.3) is 5.91 Å². The Morgan fingerprint density at radius 1 is 1.10 bits per heavy atom. The maximum Gasteiger partial charge on any atom is 0.308 e. The monoisotopic (exact) mass is 398 g/mol. The fourth-order valence-corrected chi connectivity index (χ4v) is 3.67. The highest BCUT2D eigenvalue weighted by Gasteiger charge is 2.47. The van der Waals surface area contributed by atoms with Gasteiger partial charge in [-0.3, -0.25) is 24.1 Å². The van der Waals surface area contributed by atoms with Crippen molar-refractivity contribution in [2.45, 2.75) is 45.6 Å². The number of hydrogen-bond acceptors (Lipinski definition) is 5. The van der Waals surface area contributed by atoms with Gasteiger partial charge >= 0.3 is 5.97 Å². The molecule has 3 rings (SSSR count). The van der Waals surface area contributed by atoms with Gasteiger partial charge in [-0.2, -0.15) is 0 Å². The van der Waals surface area contributed by atoms with Gasteiger partial charge in [0, 0.05) is 12.2 Å². The second-order valence-electron chi connectivity index (χ2n) is 7.41. The van der Waals surface area contributed by atoms with E-state index in [0.29, 0.717) is 18.5 Å². The number of hydrogen-bond donors (Lipinski definition) is 1. The molecule has 0 aromatic heterocycles. The molecule has 1 aromatic rings. The van der Waals surface area contributed by atoms with E-state index < -0.39 is 18.0 Å². The number of nitrogens with one attached hydrogen (secondary N) is 1. The van der Waals surface area contributed by atoms with Crippen LogP contribution >= 0.6 is 0 Å². The molecule has 1 aromatic carbocycles. The molecule has 1 saturated heterocycles. The summed E-state index contributed by atoms with van der Waals surface area (Å²) in [7, 11) is 0. The number of nitrogens with zero attached hydrogens (tertiary/aromatic N) is 1. The minimum absolute atomic E-state index is 0.0175. The number of carbonyl (C=O) groups is 4. The number of carbonyl (C=O) groups excluding carboxylic acids is 4. The van der Waals surface area contributed by atoms with Crippen LogP contribution in [0, 0.1) is 11.8 Å². The summed E-state index contributed by atoms with van der Waals surface area (Å²) in [6, 6.07) is 7.43. The van der Waals surface area contributed by atoms with Crippen molar-refractivity contribution in [2.24, 2.45) is 11.8 Å². The lowest BCUT2D eigenvalue weighted by atomic mass is 9.85. The van der Waals surface area contributed by atoms with Crippen LogP contribution in [0.5, 0.6) is 0 Å². The number of aryl methyl sites for hydroxylation is 1. The zero-order chi connectivity index (χ0) is 21.0. The van der Waals surface area contributed by atoms with Gasteiger partial charge in [-0.05, 0) is 43.9 Å². The standard InChI is InChI=1S/C22H26N2O5/c1-3-15-8-10-16(11-9-15)23-20(26)14(2)29-19(25)12-13-24-21(27)17-6-4-5-7-18(17)22(24)28/h4-5,8-11,14,17-18H,3,6-7,12-13H2,1-2H3,(H,23,26)/t14-,17-,18+/m1/s1. The van der Waals surface area contributed by atoms with Crippen LogP contribution < -0.4 is 5.32 Å². The lowest BCUT2D eigenvalue weighted by Crippen LogP contribution is -2.35. The number of rotatable bonds is 7. The number of allylic oxidation sites excluding steroid dienone is 2. The number of esters is 1. The van der Waals surface area contributed by atoms with Crippen LogP contribution in [-0.4, -0.2) is 41.2 Å². The van der Waals surface area contributed by atoms with E-state index in [4.69, 9.17) is 4.74 Å². The number of amides is 3. The number of anilines is 1. The minimum atomic E-state index is -0.981. The molecule has 1 heterocycles. The molecule has 0 spiro atoms. The first-order valence-corrected chi connectivity index (χ1v) is 10.00. The smallest absolute Gasteiger partial charge is 0.308 e. The average Bonchev–Trinajstić information content (AvgIpc) is 2.97. The Morgan fingerprint density at radius 3 is 2.24 bits per heavy atom. The van der Waals surface area contributed by atoms with Crippen molar-refractivity contribution < 1.29 is 23.9 Å². The highest BCUT2D eigenvalue weighted by Crippen LogP contribution is 2.35. The molecule has 0 radical (unpaired) electrons. The molecular formula is C22H26N2O5. The molecule has 0 saturated carbocycles. The van der Waals surface area contributed by atoms with Gasteiger partial charge in [0.15, 0.2) is 6.10 Å². The third-order valence-electron chi connectivity index (χ3n) is 5.45. The summed E-state index contributed by atoms with van der Waals surface area (Å²) >= 11 is 0.